The van der Waals surface area contributed by atoms with Crippen LogP contribution in [0.3, 0.4) is 0 Å². The standard InChI is InChI=1S/C23H34N4O/c1-18-14-21(15-23(24)26-18)27(17-20-8-10-22(28-2)11-9-20)13-4-3-6-19-7-5-12-25-16-19/h8-11,14-15,19,25H,3-7,12-13,16-17H2,1-2H3,(H2,24,26). The van der Waals surface area contributed by atoms with Crippen LogP contribution in [0.4, 0.5) is 11.5 Å². The molecule has 2 heterocycles. The summed E-state index contributed by atoms with van der Waals surface area (Å²) >= 11 is 0. The molecule has 2 aromatic rings. The van der Waals surface area contributed by atoms with E-state index < -0.39 is 0 Å². The molecule has 0 aliphatic carbocycles. The number of anilines is 2. The van der Waals surface area contributed by atoms with Gasteiger partial charge in [0, 0.05) is 30.5 Å². The third-order valence-corrected chi connectivity index (χ3v) is 5.54. The second kappa shape index (κ2) is 10.3. The van der Waals surface area contributed by atoms with Crippen molar-refractivity contribution in [1.82, 2.24) is 10.3 Å². The predicted octanol–water partition coefficient (Wildman–Crippen LogP) is 4.16. The fourth-order valence-corrected chi connectivity index (χ4v) is 4.01. The molecule has 0 bridgehead atoms. The smallest absolute Gasteiger partial charge is 0.125 e. The number of hydrogen-bond donors (Lipinski definition) is 2. The summed E-state index contributed by atoms with van der Waals surface area (Å²) in [5.74, 6) is 2.33. The van der Waals surface area contributed by atoms with Gasteiger partial charge in [-0.1, -0.05) is 18.6 Å². The maximum atomic E-state index is 6.02. The molecule has 1 aromatic carbocycles. The molecule has 0 saturated carbocycles. The van der Waals surface area contributed by atoms with Crippen LogP contribution in [0, 0.1) is 12.8 Å². The molecule has 1 aliphatic heterocycles. The molecule has 1 aliphatic rings. The minimum Gasteiger partial charge on any atom is -0.497 e. The van der Waals surface area contributed by atoms with Crippen molar-refractivity contribution in [3.63, 3.8) is 0 Å². The monoisotopic (exact) mass is 382 g/mol. The fourth-order valence-electron chi connectivity index (χ4n) is 4.01. The Bertz CT molecular complexity index is 706. The molecule has 1 atom stereocenters. The first kappa shape index (κ1) is 20.5. The van der Waals surface area contributed by atoms with Gasteiger partial charge >= 0.3 is 0 Å². The van der Waals surface area contributed by atoms with Crippen LogP contribution in [-0.4, -0.2) is 31.7 Å². The van der Waals surface area contributed by atoms with E-state index in [2.05, 4.69) is 33.4 Å². The van der Waals surface area contributed by atoms with Gasteiger partial charge in [0.05, 0.1) is 7.11 Å². The van der Waals surface area contributed by atoms with E-state index in [0.29, 0.717) is 5.82 Å². The molecule has 3 N–H and O–H groups in total. The molecule has 1 aromatic heterocycles. The van der Waals surface area contributed by atoms with Crippen molar-refractivity contribution in [3.05, 3.63) is 47.7 Å². The quantitative estimate of drug-likeness (QED) is 0.638. The lowest BCUT2D eigenvalue weighted by Crippen LogP contribution is -2.30. The summed E-state index contributed by atoms with van der Waals surface area (Å²) in [6.07, 6.45) is 6.48. The SMILES string of the molecule is COc1ccc(CN(CCCCC2CCCNC2)c2cc(C)nc(N)c2)cc1. The Kier molecular flexibility index (Phi) is 7.54. The summed E-state index contributed by atoms with van der Waals surface area (Å²) in [6.45, 7) is 6.26. The molecule has 0 spiro atoms. The number of benzene rings is 1. The second-order valence-electron chi connectivity index (χ2n) is 7.87. The van der Waals surface area contributed by atoms with Gasteiger partial charge in [0.1, 0.15) is 11.6 Å². The molecular formula is C23H34N4O. The van der Waals surface area contributed by atoms with Crippen LogP contribution < -0.4 is 20.7 Å². The number of nitrogens with one attached hydrogen (secondary N) is 1. The van der Waals surface area contributed by atoms with Crippen LogP contribution >= 0.6 is 0 Å². The number of methoxy groups -OCH3 is 1. The predicted molar refractivity (Wildman–Crippen MR) is 117 cm³/mol. The van der Waals surface area contributed by atoms with E-state index in [0.717, 1.165) is 36.1 Å². The Hall–Kier alpha value is -2.27. The summed E-state index contributed by atoms with van der Waals surface area (Å²) in [4.78, 5) is 6.75. The lowest BCUT2D eigenvalue weighted by molar-refractivity contribution is 0.348. The number of aromatic nitrogens is 1. The van der Waals surface area contributed by atoms with E-state index in [1.807, 2.05) is 25.1 Å². The van der Waals surface area contributed by atoms with E-state index in [-0.39, 0.29) is 0 Å². The van der Waals surface area contributed by atoms with Gasteiger partial charge in [-0.25, -0.2) is 4.98 Å². The maximum absolute atomic E-state index is 6.02. The number of ether oxygens (including phenoxy) is 1. The summed E-state index contributed by atoms with van der Waals surface area (Å²) in [5, 5.41) is 3.52. The number of rotatable bonds is 9. The third-order valence-electron chi connectivity index (χ3n) is 5.54. The first-order chi connectivity index (χ1) is 13.6. The van der Waals surface area contributed by atoms with Crippen LogP contribution in [-0.2, 0) is 6.54 Å². The molecule has 0 amide bonds. The highest BCUT2D eigenvalue weighted by Crippen LogP contribution is 2.23. The number of unbranched alkanes of at least 4 members (excludes halogenated alkanes) is 1. The second-order valence-corrected chi connectivity index (χ2v) is 7.87. The van der Waals surface area contributed by atoms with Gasteiger partial charge in [-0.3, -0.25) is 0 Å². The Morgan fingerprint density at radius 1 is 1.21 bits per heavy atom. The molecule has 28 heavy (non-hydrogen) atoms. The number of piperidine rings is 1. The summed E-state index contributed by atoms with van der Waals surface area (Å²) in [5.41, 5.74) is 9.40. The molecular weight excluding hydrogens is 348 g/mol. The first-order valence-corrected chi connectivity index (χ1v) is 10.5. The topological polar surface area (TPSA) is 63.4 Å². The van der Waals surface area contributed by atoms with Crippen LogP contribution in [0.2, 0.25) is 0 Å². The van der Waals surface area contributed by atoms with Crippen molar-refractivity contribution in [2.24, 2.45) is 5.92 Å². The zero-order chi connectivity index (χ0) is 19.8. The lowest BCUT2D eigenvalue weighted by atomic mass is 9.94. The van der Waals surface area contributed by atoms with E-state index in [1.165, 1.54) is 50.8 Å². The minimum atomic E-state index is 0.586. The van der Waals surface area contributed by atoms with Gasteiger partial charge in [-0.2, -0.15) is 0 Å². The molecule has 5 nitrogen and oxygen atoms in total. The summed E-state index contributed by atoms with van der Waals surface area (Å²) in [7, 11) is 1.70. The number of nitrogens with two attached hydrogens (primary N) is 1. The average Bonchev–Trinajstić information content (AvgIpc) is 2.71. The van der Waals surface area contributed by atoms with Crippen molar-refractivity contribution < 1.29 is 4.74 Å². The van der Waals surface area contributed by atoms with Crippen molar-refractivity contribution in [2.45, 2.75) is 45.6 Å². The number of pyridine rings is 1. The summed E-state index contributed by atoms with van der Waals surface area (Å²) < 4.78 is 5.28. The molecule has 152 valence electrons. The molecule has 0 radical (unpaired) electrons. The molecule has 1 unspecified atom stereocenters. The molecule has 5 heteroatoms. The zero-order valence-electron chi connectivity index (χ0n) is 17.3. The Labute approximate surface area is 169 Å². The Morgan fingerprint density at radius 3 is 2.71 bits per heavy atom. The number of nitrogens with zero attached hydrogens (tertiary/aromatic N) is 2. The normalized spacial score (nSPS) is 16.7. The van der Waals surface area contributed by atoms with Gasteiger partial charge in [0.15, 0.2) is 0 Å². The van der Waals surface area contributed by atoms with Crippen molar-refractivity contribution in [3.8, 4) is 5.75 Å². The van der Waals surface area contributed by atoms with Gasteiger partial charge in [0.25, 0.3) is 0 Å². The van der Waals surface area contributed by atoms with Crippen molar-refractivity contribution >= 4 is 11.5 Å². The Morgan fingerprint density at radius 2 is 2.04 bits per heavy atom. The van der Waals surface area contributed by atoms with E-state index >= 15 is 0 Å². The molecule has 1 fully saturated rings. The van der Waals surface area contributed by atoms with Crippen LogP contribution in [0.25, 0.3) is 0 Å². The van der Waals surface area contributed by atoms with E-state index in [1.54, 1.807) is 7.11 Å². The van der Waals surface area contributed by atoms with E-state index in [4.69, 9.17) is 10.5 Å². The van der Waals surface area contributed by atoms with Crippen LogP contribution in [0.5, 0.6) is 5.75 Å². The summed E-state index contributed by atoms with van der Waals surface area (Å²) in [6, 6.07) is 12.4. The number of nitrogen functional groups attached to an aromatic ring is 1. The van der Waals surface area contributed by atoms with Crippen molar-refractivity contribution in [2.75, 3.05) is 37.4 Å². The van der Waals surface area contributed by atoms with Gasteiger partial charge in [-0.05, 0) is 75.4 Å². The minimum absolute atomic E-state index is 0.586. The fraction of sp³-hybridized carbons (Fsp3) is 0.522. The highest BCUT2D eigenvalue weighted by atomic mass is 16.5. The molecule has 3 rings (SSSR count). The average molecular weight is 383 g/mol. The zero-order valence-corrected chi connectivity index (χ0v) is 17.3. The number of aryl methyl sites for hydroxylation is 1. The lowest BCUT2D eigenvalue weighted by Gasteiger charge is -2.27. The highest BCUT2D eigenvalue weighted by Gasteiger charge is 2.14. The first-order valence-electron chi connectivity index (χ1n) is 10.5. The van der Waals surface area contributed by atoms with Crippen LogP contribution in [0.1, 0.15) is 43.4 Å². The van der Waals surface area contributed by atoms with Crippen LogP contribution in [0.15, 0.2) is 36.4 Å². The largest absolute Gasteiger partial charge is 0.497 e. The molecule has 1 saturated heterocycles. The highest BCUT2D eigenvalue weighted by molar-refractivity contribution is 5.54. The van der Waals surface area contributed by atoms with Gasteiger partial charge in [-0.15, -0.1) is 0 Å². The third kappa shape index (κ3) is 6.13. The van der Waals surface area contributed by atoms with Crippen molar-refractivity contribution in [1.29, 1.82) is 0 Å². The van der Waals surface area contributed by atoms with E-state index in [9.17, 15) is 0 Å². The van der Waals surface area contributed by atoms with Gasteiger partial charge in [0.2, 0.25) is 0 Å². The van der Waals surface area contributed by atoms with Gasteiger partial charge < -0.3 is 20.7 Å². The Balaban J connectivity index is 1.63. The maximum Gasteiger partial charge on any atom is 0.125 e. The number of hydrogen-bond acceptors (Lipinski definition) is 5.